The molecule has 2 aliphatic rings. The van der Waals surface area contributed by atoms with E-state index in [1.165, 1.54) is 50.0 Å². The molecule has 1 atom stereocenters. The first-order valence-electron chi connectivity index (χ1n) is 13.7. The van der Waals surface area contributed by atoms with Gasteiger partial charge in [-0.05, 0) is 60.0 Å². The highest BCUT2D eigenvalue weighted by molar-refractivity contribution is 6.09. The van der Waals surface area contributed by atoms with E-state index in [1.807, 2.05) is 0 Å². The number of aromatic nitrogens is 1. The van der Waals surface area contributed by atoms with Crippen LogP contribution in [0.1, 0.15) is 12.8 Å². The second kappa shape index (κ2) is 10.2. The minimum atomic E-state index is 0.317. The third-order valence-corrected chi connectivity index (χ3v) is 7.76. The third-order valence-electron chi connectivity index (χ3n) is 7.76. The van der Waals surface area contributed by atoms with Crippen molar-refractivity contribution < 1.29 is 0 Å². The lowest BCUT2D eigenvalue weighted by Gasteiger charge is -2.34. The summed E-state index contributed by atoms with van der Waals surface area (Å²) in [4.78, 5) is 2.48. The first-order chi connectivity index (χ1) is 19.4. The Balaban J connectivity index is 1.22. The van der Waals surface area contributed by atoms with Crippen LogP contribution in [0.4, 0.5) is 5.69 Å². The number of nitrogens with zero attached hydrogens (tertiary/aromatic N) is 2. The summed E-state index contributed by atoms with van der Waals surface area (Å²) < 4.78 is 2.37. The summed E-state index contributed by atoms with van der Waals surface area (Å²) in [6.07, 6.45) is 21.7. The molecule has 0 N–H and O–H groups in total. The maximum atomic E-state index is 2.48. The zero-order valence-corrected chi connectivity index (χ0v) is 21.8. The number of hydrogen-bond acceptors (Lipinski definition) is 1. The number of para-hydroxylation sites is 2. The van der Waals surface area contributed by atoms with Crippen molar-refractivity contribution in [1.82, 2.24) is 4.57 Å². The Morgan fingerprint density at radius 2 is 1.23 bits per heavy atom. The molecule has 0 bridgehead atoms. The summed E-state index contributed by atoms with van der Waals surface area (Å²) >= 11 is 0. The lowest BCUT2D eigenvalue weighted by atomic mass is 10.0. The van der Waals surface area contributed by atoms with Gasteiger partial charge in [-0.1, -0.05) is 109 Å². The van der Waals surface area contributed by atoms with Crippen molar-refractivity contribution in [3.63, 3.8) is 0 Å². The highest BCUT2D eigenvalue weighted by Crippen LogP contribution is 2.34. The molecule has 39 heavy (non-hydrogen) atoms. The monoisotopic (exact) mass is 502 g/mol. The van der Waals surface area contributed by atoms with Gasteiger partial charge in [0.2, 0.25) is 0 Å². The number of benzene rings is 4. The first-order valence-corrected chi connectivity index (χ1v) is 13.7. The quantitative estimate of drug-likeness (QED) is 0.232. The zero-order valence-electron chi connectivity index (χ0n) is 21.8. The van der Waals surface area contributed by atoms with E-state index >= 15 is 0 Å². The summed E-state index contributed by atoms with van der Waals surface area (Å²) in [5, 5.41) is 2.57. The van der Waals surface area contributed by atoms with Gasteiger partial charge in [-0.2, -0.15) is 0 Å². The second-order valence-electron chi connectivity index (χ2n) is 10.1. The van der Waals surface area contributed by atoms with Crippen molar-refractivity contribution in [3.05, 3.63) is 157 Å². The first kappa shape index (κ1) is 23.3. The lowest BCUT2D eigenvalue weighted by Crippen LogP contribution is -2.33. The van der Waals surface area contributed by atoms with Gasteiger partial charge in [-0.3, -0.25) is 0 Å². The summed E-state index contributed by atoms with van der Waals surface area (Å²) in [7, 11) is 0. The highest BCUT2D eigenvalue weighted by atomic mass is 15.2. The molecule has 7 rings (SSSR count). The third kappa shape index (κ3) is 4.34. The second-order valence-corrected chi connectivity index (χ2v) is 10.1. The summed E-state index contributed by atoms with van der Waals surface area (Å²) in [6, 6.07) is 35.6. The molecule has 0 amide bonds. The van der Waals surface area contributed by atoms with E-state index in [9.17, 15) is 0 Å². The normalized spacial score (nSPS) is 16.5. The number of anilines is 1. The molecule has 4 aromatic carbocycles. The van der Waals surface area contributed by atoms with Gasteiger partial charge in [-0.15, -0.1) is 0 Å². The number of rotatable bonds is 5. The molecule has 0 saturated heterocycles. The van der Waals surface area contributed by atoms with Gasteiger partial charge in [0.05, 0.1) is 17.1 Å². The Hall–Kier alpha value is -4.82. The van der Waals surface area contributed by atoms with Crippen LogP contribution in [0.3, 0.4) is 0 Å². The summed E-state index contributed by atoms with van der Waals surface area (Å²) in [5.41, 5.74) is 8.63. The molecule has 0 spiro atoms. The van der Waals surface area contributed by atoms with E-state index in [0.717, 1.165) is 12.8 Å². The van der Waals surface area contributed by atoms with Gasteiger partial charge < -0.3 is 9.47 Å². The maximum Gasteiger partial charge on any atom is 0.0556 e. The topological polar surface area (TPSA) is 8.17 Å². The predicted octanol–water partition coefficient (Wildman–Crippen LogP) is 9.54. The van der Waals surface area contributed by atoms with Gasteiger partial charge in [0.1, 0.15) is 0 Å². The van der Waals surface area contributed by atoms with E-state index in [4.69, 9.17) is 0 Å². The predicted molar refractivity (Wildman–Crippen MR) is 166 cm³/mol. The molecule has 1 aromatic heterocycles. The van der Waals surface area contributed by atoms with Crippen molar-refractivity contribution in [2.45, 2.75) is 18.9 Å². The number of fused-ring (bicyclic) bond motifs is 3. The molecule has 2 nitrogen and oxygen atoms in total. The standard InChI is InChI=1S/C37H30N2/c1-2-5-13-30(12-4-1)38(31-14-6-3-7-15-31)32-24-20-28(21-25-32)29-22-26-33(27-23-29)39-36-18-10-8-16-34(36)35-17-9-11-19-37(35)39/h1-12,14,16-27,31H,13,15H2. The smallest absolute Gasteiger partial charge is 0.0556 e. The van der Waals surface area contributed by atoms with Crippen LogP contribution in [0.2, 0.25) is 0 Å². The molecule has 1 unspecified atom stereocenters. The van der Waals surface area contributed by atoms with Crippen molar-refractivity contribution in [1.29, 1.82) is 0 Å². The fraction of sp³-hybridized carbons (Fsp3) is 0.0811. The molecule has 1 heterocycles. The molecule has 5 aromatic rings. The molecular weight excluding hydrogens is 472 g/mol. The zero-order chi connectivity index (χ0) is 26.0. The van der Waals surface area contributed by atoms with Crippen LogP contribution in [-0.2, 0) is 0 Å². The fourth-order valence-electron chi connectivity index (χ4n) is 5.89. The van der Waals surface area contributed by atoms with Crippen molar-refractivity contribution >= 4 is 27.5 Å². The van der Waals surface area contributed by atoms with Crippen LogP contribution in [0, 0.1) is 0 Å². The molecule has 2 heteroatoms. The van der Waals surface area contributed by atoms with Crippen molar-refractivity contribution in [2.75, 3.05) is 4.90 Å². The Morgan fingerprint density at radius 3 is 1.90 bits per heavy atom. The molecule has 0 radical (unpaired) electrons. The van der Waals surface area contributed by atoms with Gasteiger partial charge in [0.25, 0.3) is 0 Å². The Bertz CT molecular complexity index is 1740. The summed E-state index contributed by atoms with van der Waals surface area (Å²) in [6.45, 7) is 0. The van der Waals surface area contributed by atoms with E-state index in [0.29, 0.717) is 6.04 Å². The number of allylic oxidation sites excluding steroid dienone is 7. The fourth-order valence-corrected chi connectivity index (χ4v) is 5.89. The highest BCUT2D eigenvalue weighted by Gasteiger charge is 2.20. The molecular formula is C37H30N2. The summed E-state index contributed by atoms with van der Waals surface area (Å²) in [5.74, 6) is 0. The van der Waals surface area contributed by atoms with E-state index in [1.54, 1.807) is 0 Å². The van der Waals surface area contributed by atoms with Gasteiger partial charge in [0, 0.05) is 34.3 Å². The molecule has 188 valence electrons. The largest absolute Gasteiger partial charge is 0.338 e. The van der Waals surface area contributed by atoms with Crippen molar-refractivity contribution in [2.24, 2.45) is 0 Å². The average molecular weight is 503 g/mol. The van der Waals surface area contributed by atoms with E-state index < -0.39 is 0 Å². The van der Waals surface area contributed by atoms with Crippen LogP contribution >= 0.6 is 0 Å². The van der Waals surface area contributed by atoms with Crippen LogP contribution in [0.15, 0.2) is 157 Å². The van der Waals surface area contributed by atoms with Gasteiger partial charge >= 0.3 is 0 Å². The van der Waals surface area contributed by atoms with E-state index in [2.05, 4.69) is 161 Å². The molecule has 0 aliphatic heterocycles. The SMILES string of the molecule is C1=CC=C(N(c2ccc(-c3ccc(-n4c5ccccc5c5ccccc54)cc3)cc2)C2C=CC=CC2)CC=C1. The van der Waals surface area contributed by atoms with Crippen LogP contribution in [0.5, 0.6) is 0 Å². The van der Waals surface area contributed by atoms with Crippen LogP contribution in [-0.4, -0.2) is 10.6 Å². The van der Waals surface area contributed by atoms with Crippen molar-refractivity contribution in [3.8, 4) is 16.8 Å². The van der Waals surface area contributed by atoms with Crippen LogP contribution < -0.4 is 4.90 Å². The minimum absolute atomic E-state index is 0.317. The molecule has 0 fully saturated rings. The van der Waals surface area contributed by atoms with Crippen LogP contribution in [0.25, 0.3) is 38.6 Å². The average Bonchev–Trinajstić information content (AvgIpc) is 3.12. The minimum Gasteiger partial charge on any atom is -0.338 e. The molecule has 0 saturated carbocycles. The number of hydrogen-bond donors (Lipinski definition) is 0. The maximum absolute atomic E-state index is 2.48. The Kier molecular flexibility index (Phi) is 6.07. The Morgan fingerprint density at radius 1 is 0.590 bits per heavy atom. The van der Waals surface area contributed by atoms with Gasteiger partial charge in [-0.25, -0.2) is 0 Å². The van der Waals surface area contributed by atoms with Gasteiger partial charge in [0.15, 0.2) is 0 Å². The lowest BCUT2D eigenvalue weighted by molar-refractivity contribution is 0.742. The van der Waals surface area contributed by atoms with E-state index in [-0.39, 0.29) is 0 Å². The Labute approximate surface area is 229 Å². The molecule has 2 aliphatic carbocycles.